The van der Waals surface area contributed by atoms with Crippen molar-refractivity contribution in [2.45, 2.75) is 19.8 Å². The van der Waals surface area contributed by atoms with Crippen LogP contribution in [0.5, 0.6) is 0 Å². The first-order valence-corrected chi connectivity index (χ1v) is 5.61. The summed E-state index contributed by atoms with van der Waals surface area (Å²) in [5.41, 5.74) is 1.08. The van der Waals surface area contributed by atoms with Gasteiger partial charge in [-0.05, 0) is 37.5 Å². The molecule has 0 atom stereocenters. The summed E-state index contributed by atoms with van der Waals surface area (Å²) >= 11 is 5.84. The number of carboxylic acids is 1. The van der Waals surface area contributed by atoms with Crippen molar-refractivity contribution in [2.24, 2.45) is 5.16 Å². The van der Waals surface area contributed by atoms with Crippen LogP contribution in [0.4, 0.5) is 0 Å². The first-order chi connectivity index (χ1) is 8.09. The second kappa shape index (κ2) is 6.91. The molecule has 0 saturated carbocycles. The third-order valence-corrected chi connectivity index (χ3v) is 2.34. The number of aryl methyl sites for hydroxylation is 1. The zero-order chi connectivity index (χ0) is 12.7. The van der Waals surface area contributed by atoms with Gasteiger partial charge in [-0.3, -0.25) is 0 Å². The fourth-order valence-corrected chi connectivity index (χ4v) is 1.43. The van der Waals surface area contributed by atoms with Gasteiger partial charge in [-0.15, -0.1) is 0 Å². The Labute approximate surface area is 105 Å². The molecule has 0 unspecified atom stereocenters. The molecule has 1 N–H and O–H groups in total. The van der Waals surface area contributed by atoms with Gasteiger partial charge < -0.3 is 9.94 Å². The van der Waals surface area contributed by atoms with Crippen molar-refractivity contribution in [3.05, 3.63) is 34.9 Å². The van der Waals surface area contributed by atoms with Crippen molar-refractivity contribution in [3.63, 3.8) is 0 Å². The van der Waals surface area contributed by atoms with Crippen molar-refractivity contribution < 1.29 is 14.7 Å². The molecule has 0 radical (unpaired) electrons. The molecule has 0 spiro atoms. The molecule has 0 bridgehead atoms. The highest BCUT2D eigenvalue weighted by atomic mass is 35.5. The van der Waals surface area contributed by atoms with E-state index >= 15 is 0 Å². The Balaban J connectivity index is 2.25. The maximum Gasteiger partial charge on any atom is 0.353 e. The minimum absolute atomic E-state index is 0.0484. The molecule has 0 amide bonds. The van der Waals surface area contributed by atoms with Crippen LogP contribution in [0.25, 0.3) is 0 Å². The van der Waals surface area contributed by atoms with E-state index in [4.69, 9.17) is 21.5 Å². The first-order valence-electron chi connectivity index (χ1n) is 5.24. The molecule has 0 heterocycles. The smallest absolute Gasteiger partial charge is 0.353 e. The summed E-state index contributed by atoms with van der Waals surface area (Å²) < 4.78 is 0. The van der Waals surface area contributed by atoms with Gasteiger partial charge >= 0.3 is 5.97 Å². The Kier molecular flexibility index (Phi) is 5.49. The monoisotopic (exact) mass is 255 g/mol. The quantitative estimate of drug-likeness (QED) is 0.483. The van der Waals surface area contributed by atoms with E-state index in [1.165, 1.54) is 6.92 Å². The van der Waals surface area contributed by atoms with Gasteiger partial charge in [0.15, 0.2) is 5.71 Å². The van der Waals surface area contributed by atoms with E-state index in [1.54, 1.807) is 0 Å². The van der Waals surface area contributed by atoms with Crippen molar-refractivity contribution >= 4 is 23.3 Å². The summed E-state index contributed by atoms with van der Waals surface area (Å²) in [5, 5.41) is 12.7. The lowest BCUT2D eigenvalue weighted by Gasteiger charge is -2.02. The highest BCUT2D eigenvalue weighted by molar-refractivity contribution is 6.34. The molecule has 0 aliphatic rings. The van der Waals surface area contributed by atoms with Crippen LogP contribution in [-0.4, -0.2) is 23.4 Å². The van der Waals surface area contributed by atoms with Crippen LogP contribution >= 0.6 is 11.6 Å². The Morgan fingerprint density at radius 3 is 2.94 bits per heavy atom. The summed E-state index contributed by atoms with van der Waals surface area (Å²) in [5.74, 6) is -1.07. The maximum atomic E-state index is 10.4. The molecular formula is C12H14ClNO3. The lowest BCUT2D eigenvalue weighted by Crippen LogP contribution is -2.08. The predicted molar refractivity (Wildman–Crippen MR) is 66.5 cm³/mol. The summed E-state index contributed by atoms with van der Waals surface area (Å²) in [6, 6.07) is 7.60. The fourth-order valence-electron chi connectivity index (χ4n) is 1.21. The van der Waals surface area contributed by atoms with Crippen LogP contribution in [0.2, 0.25) is 5.02 Å². The average Bonchev–Trinajstić information content (AvgIpc) is 2.28. The van der Waals surface area contributed by atoms with Crippen LogP contribution < -0.4 is 0 Å². The average molecular weight is 256 g/mol. The van der Waals surface area contributed by atoms with Crippen LogP contribution in [-0.2, 0) is 16.1 Å². The molecule has 1 aromatic carbocycles. The molecule has 0 aliphatic carbocycles. The van der Waals surface area contributed by atoms with Gasteiger partial charge in [0.05, 0.1) is 0 Å². The van der Waals surface area contributed by atoms with E-state index in [9.17, 15) is 4.79 Å². The number of benzene rings is 1. The summed E-state index contributed by atoms with van der Waals surface area (Å²) in [4.78, 5) is 15.3. The molecule has 5 heteroatoms. The van der Waals surface area contributed by atoms with E-state index in [0.717, 1.165) is 18.4 Å². The normalized spacial score (nSPS) is 11.3. The van der Waals surface area contributed by atoms with Crippen LogP contribution in [0.15, 0.2) is 29.4 Å². The largest absolute Gasteiger partial charge is 0.477 e. The number of hydrogen-bond donors (Lipinski definition) is 1. The highest BCUT2D eigenvalue weighted by Gasteiger charge is 2.01. The molecule has 1 rings (SSSR count). The van der Waals surface area contributed by atoms with Crippen LogP contribution in [0.1, 0.15) is 18.9 Å². The summed E-state index contributed by atoms with van der Waals surface area (Å²) in [7, 11) is 0. The van der Waals surface area contributed by atoms with Crippen LogP contribution in [0.3, 0.4) is 0 Å². The number of rotatable bonds is 6. The fraction of sp³-hybridized carbons (Fsp3) is 0.333. The number of nitrogens with zero attached hydrogens (tertiary/aromatic N) is 1. The van der Waals surface area contributed by atoms with Crippen molar-refractivity contribution in [1.29, 1.82) is 0 Å². The zero-order valence-electron chi connectivity index (χ0n) is 9.52. The number of carbonyl (C=O) groups is 1. The number of carboxylic acid groups (broad SMARTS) is 1. The molecule has 1 aromatic rings. The van der Waals surface area contributed by atoms with Gasteiger partial charge in [-0.1, -0.05) is 28.9 Å². The Hall–Kier alpha value is -1.55. The topological polar surface area (TPSA) is 58.9 Å². The molecule has 4 nitrogen and oxygen atoms in total. The first kappa shape index (κ1) is 13.5. The molecule has 92 valence electrons. The van der Waals surface area contributed by atoms with Gasteiger partial charge in [-0.2, -0.15) is 0 Å². The Morgan fingerprint density at radius 2 is 2.29 bits per heavy atom. The molecule has 0 aromatic heterocycles. The summed E-state index contributed by atoms with van der Waals surface area (Å²) in [6.07, 6.45) is 1.58. The second-order valence-corrected chi connectivity index (χ2v) is 3.98. The second-order valence-electron chi connectivity index (χ2n) is 3.55. The number of oxime groups is 1. The van der Waals surface area contributed by atoms with Gasteiger partial charge in [0.1, 0.15) is 6.61 Å². The summed E-state index contributed by atoms with van der Waals surface area (Å²) in [6.45, 7) is 1.77. The lowest BCUT2D eigenvalue weighted by molar-refractivity contribution is -0.129. The van der Waals surface area contributed by atoms with E-state index in [-0.39, 0.29) is 5.71 Å². The Morgan fingerprint density at radius 1 is 1.53 bits per heavy atom. The van der Waals surface area contributed by atoms with Crippen molar-refractivity contribution in [2.75, 3.05) is 6.61 Å². The van der Waals surface area contributed by atoms with Gasteiger partial charge in [-0.25, -0.2) is 4.79 Å². The van der Waals surface area contributed by atoms with E-state index in [1.807, 2.05) is 24.3 Å². The van der Waals surface area contributed by atoms with Gasteiger partial charge in [0.25, 0.3) is 0 Å². The molecular weight excluding hydrogens is 242 g/mol. The third-order valence-electron chi connectivity index (χ3n) is 2.10. The number of halogens is 1. The van der Waals surface area contributed by atoms with Crippen molar-refractivity contribution in [3.8, 4) is 0 Å². The Bertz CT molecular complexity index is 418. The van der Waals surface area contributed by atoms with Gasteiger partial charge in [0.2, 0.25) is 0 Å². The SMILES string of the molecule is C/C(=N/OCCCc1cccc(Cl)c1)C(=O)O. The number of aliphatic carboxylic acids is 1. The van der Waals surface area contributed by atoms with E-state index < -0.39 is 5.97 Å². The third kappa shape index (κ3) is 5.36. The molecule has 0 aliphatic heterocycles. The van der Waals surface area contributed by atoms with Gasteiger partial charge in [0, 0.05) is 5.02 Å². The lowest BCUT2D eigenvalue weighted by atomic mass is 10.1. The van der Waals surface area contributed by atoms with Crippen LogP contribution in [0, 0.1) is 0 Å². The van der Waals surface area contributed by atoms with E-state index in [0.29, 0.717) is 11.6 Å². The number of hydrogen-bond acceptors (Lipinski definition) is 3. The molecule has 17 heavy (non-hydrogen) atoms. The minimum Gasteiger partial charge on any atom is -0.477 e. The predicted octanol–water partition coefficient (Wildman–Crippen LogP) is 2.75. The zero-order valence-corrected chi connectivity index (χ0v) is 10.3. The van der Waals surface area contributed by atoms with E-state index in [2.05, 4.69) is 5.16 Å². The standard InChI is InChI=1S/C12H14ClNO3/c1-9(12(15)16)14-17-7-3-5-10-4-2-6-11(13)8-10/h2,4,6,8H,3,5,7H2,1H3,(H,15,16)/b14-9-. The molecule has 0 fully saturated rings. The highest BCUT2D eigenvalue weighted by Crippen LogP contribution is 2.12. The maximum absolute atomic E-state index is 10.4. The molecule has 0 saturated heterocycles. The van der Waals surface area contributed by atoms with Crippen molar-refractivity contribution in [1.82, 2.24) is 0 Å². The minimum atomic E-state index is -1.07.